The maximum Gasteiger partial charge on any atom is 0.411 e. The number of rotatable bonds is 5. The summed E-state index contributed by atoms with van der Waals surface area (Å²) in [6, 6.07) is 0. The highest BCUT2D eigenvalue weighted by Gasteiger charge is 2.28. The number of ether oxygens (including phenoxy) is 1. The van der Waals surface area contributed by atoms with Crippen LogP contribution in [0, 0.1) is 11.8 Å². The van der Waals surface area contributed by atoms with Gasteiger partial charge in [-0.1, -0.05) is 19.8 Å². The summed E-state index contributed by atoms with van der Waals surface area (Å²) in [4.78, 5) is 0. The van der Waals surface area contributed by atoms with Crippen LogP contribution in [-0.4, -0.2) is 30.6 Å². The maximum absolute atomic E-state index is 11.8. The normalized spacial score (nSPS) is 28.1. The van der Waals surface area contributed by atoms with E-state index in [0.29, 0.717) is 12.3 Å². The van der Waals surface area contributed by atoms with E-state index in [4.69, 9.17) is 0 Å². The molecule has 1 aliphatic carbocycles. The Bertz CT molecular complexity index is 218. The Kier molecular flexibility index (Phi) is 5.73. The van der Waals surface area contributed by atoms with Gasteiger partial charge in [0.1, 0.15) is 6.61 Å². The SMILES string of the molecule is CC1CCCC(C(O)CCOCC(F)(F)F)C1. The maximum atomic E-state index is 11.8. The first kappa shape index (κ1) is 14.8. The van der Waals surface area contributed by atoms with Crippen LogP contribution in [0.5, 0.6) is 0 Å². The predicted octanol–water partition coefficient (Wildman–Crippen LogP) is 3.14. The summed E-state index contributed by atoms with van der Waals surface area (Å²) in [6.07, 6.45) is -0.255. The van der Waals surface area contributed by atoms with Crippen molar-refractivity contribution >= 4 is 0 Å². The zero-order valence-electron chi connectivity index (χ0n) is 10.2. The molecule has 0 amide bonds. The smallest absolute Gasteiger partial charge is 0.393 e. The fourth-order valence-electron chi connectivity index (χ4n) is 2.46. The van der Waals surface area contributed by atoms with Crippen molar-refractivity contribution in [1.29, 1.82) is 0 Å². The summed E-state index contributed by atoms with van der Waals surface area (Å²) in [5.41, 5.74) is 0. The van der Waals surface area contributed by atoms with Gasteiger partial charge in [0.2, 0.25) is 0 Å². The molecule has 3 unspecified atom stereocenters. The predicted molar refractivity (Wildman–Crippen MR) is 58.6 cm³/mol. The number of aliphatic hydroxyl groups excluding tert-OH is 1. The number of hydrogen-bond acceptors (Lipinski definition) is 2. The molecular formula is C12H21F3O2. The molecule has 0 radical (unpaired) electrons. The molecule has 5 heteroatoms. The summed E-state index contributed by atoms with van der Waals surface area (Å²) in [5.74, 6) is 0.840. The van der Waals surface area contributed by atoms with Gasteiger partial charge in [-0.3, -0.25) is 0 Å². The quantitative estimate of drug-likeness (QED) is 0.764. The van der Waals surface area contributed by atoms with E-state index >= 15 is 0 Å². The van der Waals surface area contributed by atoms with Crippen molar-refractivity contribution in [2.45, 2.75) is 51.3 Å². The van der Waals surface area contributed by atoms with Crippen LogP contribution in [0.4, 0.5) is 13.2 Å². The fraction of sp³-hybridized carbons (Fsp3) is 1.00. The van der Waals surface area contributed by atoms with E-state index in [-0.39, 0.29) is 12.5 Å². The number of hydrogen-bond donors (Lipinski definition) is 1. The molecule has 0 aromatic heterocycles. The van der Waals surface area contributed by atoms with Gasteiger partial charge >= 0.3 is 6.18 Å². The van der Waals surface area contributed by atoms with E-state index in [9.17, 15) is 18.3 Å². The van der Waals surface area contributed by atoms with Crippen molar-refractivity contribution in [2.75, 3.05) is 13.2 Å². The minimum absolute atomic E-state index is 0.0223. The van der Waals surface area contributed by atoms with E-state index in [2.05, 4.69) is 11.7 Å². The van der Waals surface area contributed by atoms with Gasteiger partial charge in [0.15, 0.2) is 0 Å². The Morgan fingerprint density at radius 2 is 2.06 bits per heavy atom. The van der Waals surface area contributed by atoms with Crippen molar-refractivity contribution in [3.05, 3.63) is 0 Å². The van der Waals surface area contributed by atoms with Gasteiger partial charge in [-0.15, -0.1) is 0 Å². The standard InChI is InChI=1S/C12H21F3O2/c1-9-3-2-4-10(7-9)11(16)5-6-17-8-12(13,14)15/h9-11,16H,2-8H2,1H3. The Labute approximate surface area is 100 Å². The first-order valence-corrected chi connectivity index (χ1v) is 6.21. The second-order valence-corrected chi connectivity index (χ2v) is 5.06. The highest BCUT2D eigenvalue weighted by atomic mass is 19.4. The Hall–Kier alpha value is -0.290. The highest BCUT2D eigenvalue weighted by Crippen LogP contribution is 2.31. The fourth-order valence-corrected chi connectivity index (χ4v) is 2.46. The summed E-state index contributed by atoms with van der Waals surface area (Å²) in [7, 11) is 0. The minimum atomic E-state index is -4.27. The lowest BCUT2D eigenvalue weighted by molar-refractivity contribution is -0.175. The zero-order chi connectivity index (χ0) is 12.9. The second-order valence-electron chi connectivity index (χ2n) is 5.06. The van der Waals surface area contributed by atoms with Gasteiger partial charge in [0.05, 0.1) is 6.10 Å². The first-order valence-electron chi connectivity index (χ1n) is 6.21. The minimum Gasteiger partial charge on any atom is -0.393 e. The van der Waals surface area contributed by atoms with Gasteiger partial charge in [-0.25, -0.2) is 0 Å². The van der Waals surface area contributed by atoms with Gasteiger partial charge in [0.25, 0.3) is 0 Å². The van der Waals surface area contributed by atoms with Crippen LogP contribution in [0.3, 0.4) is 0 Å². The molecule has 0 heterocycles. The van der Waals surface area contributed by atoms with Gasteiger partial charge in [-0.2, -0.15) is 13.2 Å². The number of alkyl halides is 3. The molecule has 0 aromatic rings. The van der Waals surface area contributed by atoms with Gasteiger partial charge < -0.3 is 9.84 Å². The molecule has 0 bridgehead atoms. The lowest BCUT2D eigenvalue weighted by Gasteiger charge is -2.30. The molecule has 1 N–H and O–H groups in total. The van der Waals surface area contributed by atoms with Gasteiger partial charge in [-0.05, 0) is 31.1 Å². The van der Waals surface area contributed by atoms with E-state index < -0.39 is 18.9 Å². The van der Waals surface area contributed by atoms with E-state index in [1.807, 2.05) is 0 Å². The van der Waals surface area contributed by atoms with Crippen LogP contribution >= 0.6 is 0 Å². The number of halogens is 3. The summed E-state index contributed by atoms with van der Waals surface area (Å²) < 4.78 is 39.9. The van der Waals surface area contributed by atoms with Crippen LogP contribution in [0.2, 0.25) is 0 Å². The zero-order valence-corrected chi connectivity index (χ0v) is 10.2. The largest absolute Gasteiger partial charge is 0.411 e. The molecule has 1 aliphatic rings. The third kappa shape index (κ3) is 6.27. The highest BCUT2D eigenvalue weighted by molar-refractivity contribution is 4.76. The second kappa shape index (κ2) is 6.59. The monoisotopic (exact) mass is 254 g/mol. The molecule has 1 rings (SSSR count). The van der Waals surface area contributed by atoms with E-state index in [0.717, 1.165) is 19.3 Å². The topological polar surface area (TPSA) is 29.5 Å². The molecule has 2 nitrogen and oxygen atoms in total. The van der Waals surface area contributed by atoms with Crippen LogP contribution in [0.1, 0.15) is 39.0 Å². The van der Waals surface area contributed by atoms with Crippen LogP contribution < -0.4 is 0 Å². The summed E-state index contributed by atoms with van der Waals surface area (Å²) in [6.45, 7) is 0.908. The molecule has 3 atom stereocenters. The van der Waals surface area contributed by atoms with Crippen molar-refractivity contribution in [3.8, 4) is 0 Å². The molecule has 1 saturated carbocycles. The average Bonchev–Trinajstić information content (AvgIpc) is 2.23. The first-order chi connectivity index (χ1) is 7.88. The average molecular weight is 254 g/mol. The molecule has 0 aromatic carbocycles. The van der Waals surface area contributed by atoms with Crippen LogP contribution in [-0.2, 0) is 4.74 Å². The van der Waals surface area contributed by atoms with Crippen molar-refractivity contribution in [1.82, 2.24) is 0 Å². The van der Waals surface area contributed by atoms with Crippen LogP contribution in [0.25, 0.3) is 0 Å². The third-order valence-corrected chi connectivity index (χ3v) is 3.34. The summed E-state index contributed by atoms with van der Waals surface area (Å²) >= 11 is 0. The number of aliphatic hydroxyl groups is 1. The molecule has 17 heavy (non-hydrogen) atoms. The molecule has 0 aliphatic heterocycles. The van der Waals surface area contributed by atoms with Crippen LogP contribution in [0.15, 0.2) is 0 Å². The van der Waals surface area contributed by atoms with Gasteiger partial charge in [0, 0.05) is 6.61 Å². The Morgan fingerprint density at radius 1 is 1.35 bits per heavy atom. The Balaban J connectivity index is 2.14. The van der Waals surface area contributed by atoms with Crippen molar-refractivity contribution in [3.63, 3.8) is 0 Å². The Morgan fingerprint density at radius 3 is 2.65 bits per heavy atom. The lowest BCUT2D eigenvalue weighted by atomic mass is 9.79. The van der Waals surface area contributed by atoms with E-state index in [1.54, 1.807) is 0 Å². The molecule has 1 fully saturated rings. The molecule has 102 valence electrons. The third-order valence-electron chi connectivity index (χ3n) is 3.34. The summed E-state index contributed by atoms with van der Waals surface area (Å²) in [5, 5.41) is 9.86. The van der Waals surface area contributed by atoms with Crippen molar-refractivity contribution < 1.29 is 23.0 Å². The lowest BCUT2D eigenvalue weighted by Crippen LogP contribution is -2.27. The molecular weight excluding hydrogens is 233 g/mol. The van der Waals surface area contributed by atoms with E-state index in [1.165, 1.54) is 6.42 Å². The molecule has 0 spiro atoms. The van der Waals surface area contributed by atoms with Crippen molar-refractivity contribution in [2.24, 2.45) is 11.8 Å². The molecule has 0 saturated heterocycles.